The fraction of sp³-hybridized carbons (Fsp3) is 0.364. The highest BCUT2D eigenvalue weighted by Gasteiger charge is 2.41. The Morgan fingerprint density at radius 3 is 2.77 bits per heavy atom. The first-order valence-corrected chi connectivity index (χ1v) is 15.0. The van der Waals surface area contributed by atoms with Gasteiger partial charge in [0.1, 0.15) is 11.5 Å². The Kier molecular flexibility index (Phi) is 7.12. The maximum Gasteiger partial charge on any atom is 0.337 e. The van der Waals surface area contributed by atoms with Crippen LogP contribution in [0.3, 0.4) is 0 Å². The molecule has 222 valence electrons. The lowest BCUT2D eigenvalue weighted by Crippen LogP contribution is -2.35. The summed E-state index contributed by atoms with van der Waals surface area (Å²) in [6, 6.07) is 15.2. The quantitative estimate of drug-likeness (QED) is 0.233. The number of hydrogen-bond acceptors (Lipinski definition) is 8. The average molecular weight is 601 g/mol. The van der Waals surface area contributed by atoms with Gasteiger partial charge in [-0.3, -0.25) is 9.88 Å². The second-order valence-electron chi connectivity index (χ2n) is 11.4. The van der Waals surface area contributed by atoms with Crippen LogP contribution in [-0.4, -0.2) is 58.3 Å². The standard InChI is InChI=1S/C33H33ClN4O5/c1-20(31-36-26-9-7-22(32(39)40-3)17-27(26)38(31)19-24-13-16-41-24)37-14-11-21(12-15-37)25-5-4-6-28-30(25)43-33(2,42-28)29-10-8-23(34)18-35-29/h4-11,17-18,20,24H,12-16,19H2,1-3H3/t20-,24-,33?/m0/s1. The minimum Gasteiger partial charge on any atom is -0.465 e. The zero-order valence-electron chi connectivity index (χ0n) is 24.4. The molecule has 0 radical (unpaired) electrons. The van der Waals surface area contributed by atoms with Crippen LogP contribution in [0, 0.1) is 0 Å². The molecule has 0 saturated carbocycles. The fourth-order valence-electron chi connectivity index (χ4n) is 6.10. The molecule has 1 saturated heterocycles. The van der Waals surface area contributed by atoms with Crippen LogP contribution in [0.25, 0.3) is 16.6 Å². The second kappa shape index (κ2) is 11.0. The number of hydrogen-bond donors (Lipinski definition) is 0. The minimum absolute atomic E-state index is 0.0483. The largest absolute Gasteiger partial charge is 0.465 e. The van der Waals surface area contributed by atoms with E-state index in [1.807, 2.05) is 37.3 Å². The molecular weight excluding hydrogens is 568 g/mol. The first kappa shape index (κ1) is 27.9. The number of ether oxygens (including phenoxy) is 4. The smallest absolute Gasteiger partial charge is 0.337 e. The average Bonchev–Trinajstić information content (AvgIpc) is 3.55. The van der Waals surface area contributed by atoms with Crippen molar-refractivity contribution in [1.29, 1.82) is 0 Å². The molecule has 1 unspecified atom stereocenters. The monoisotopic (exact) mass is 600 g/mol. The number of nitrogens with zero attached hydrogens (tertiary/aromatic N) is 4. The Labute approximate surface area is 255 Å². The van der Waals surface area contributed by atoms with E-state index >= 15 is 0 Å². The maximum atomic E-state index is 12.3. The van der Waals surface area contributed by atoms with E-state index in [0.29, 0.717) is 28.6 Å². The van der Waals surface area contributed by atoms with Crippen LogP contribution in [0.2, 0.25) is 5.02 Å². The predicted molar refractivity (Wildman–Crippen MR) is 162 cm³/mol. The van der Waals surface area contributed by atoms with E-state index in [9.17, 15) is 4.79 Å². The van der Waals surface area contributed by atoms with Crippen molar-refractivity contribution in [1.82, 2.24) is 19.4 Å². The molecule has 0 N–H and O–H groups in total. The molecule has 2 aromatic carbocycles. The number of imidazole rings is 1. The molecule has 0 spiro atoms. The number of aromatic nitrogens is 3. The minimum atomic E-state index is -1.03. The number of esters is 1. The van der Waals surface area contributed by atoms with Crippen molar-refractivity contribution in [3.8, 4) is 11.5 Å². The number of pyridine rings is 1. The second-order valence-corrected chi connectivity index (χ2v) is 11.8. The highest BCUT2D eigenvalue weighted by atomic mass is 35.5. The molecule has 0 bridgehead atoms. The van der Waals surface area contributed by atoms with Gasteiger partial charge < -0.3 is 23.5 Å². The third-order valence-electron chi connectivity index (χ3n) is 8.66. The van der Waals surface area contributed by atoms with Gasteiger partial charge in [-0.15, -0.1) is 0 Å². The Balaban J connectivity index is 1.14. The molecule has 5 heterocycles. The van der Waals surface area contributed by atoms with E-state index in [0.717, 1.165) is 60.7 Å². The Morgan fingerprint density at radius 1 is 1.21 bits per heavy atom. The molecular formula is C33H33ClN4O5. The molecule has 1 fully saturated rings. The number of methoxy groups -OCH3 is 1. The van der Waals surface area contributed by atoms with Crippen molar-refractivity contribution in [2.75, 3.05) is 26.8 Å². The van der Waals surface area contributed by atoms with Crippen molar-refractivity contribution in [3.05, 3.63) is 88.5 Å². The molecule has 7 rings (SSSR count). The maximum absolute atomic E-state index is 12.3. The summed E-state index contributed by atoms with van der Waals surface area (Å²) in [5, 5.41) is 0.563. The van der Waals surface area contributed by atoms with Gasteiger partial charge in [0.05, 0.1) is 47.4 Å². The predicted octanol–water partition coefficient (Wildman–Crippen LogP) is 6.15. The van der Waals surface area contributed by atoms with E-state index in [1.54, 1.807) is 18.3 Å². The van der Waals surface area contributed by atoms with E-state index in [1.165, 1.54) is 12.7 Å². The molecule has 10 heteroatoms. The number of carbonyl (C=O) groups excluding carboxylic acids is 1. The fourth-order valence-corrected chi connectivity index (χ4v) is 6.21. The van der Waals surface area contributed by atoms with Crippen molar-refractivity contribution < 1.29 is 23.7 Å². The summed E-state index contributed by atoms with van der Waals surface area (Å²) in [5.74, 6) is 1.01. The summed E-state index contributed by atoms with van der Waals surface area (Å²) in [4.78, 5) is 24.2. The topological polar surface area (TPSA) is 87.9 Å². The molecule has 0 aliphatic carbocycles. The van der Waals surface area contributed by atoms with Gasteiger partial charge in [0.2, 0.25) is 0 Å². The van der Waals surface area contributed by atoms with Crippen molar-refractivity contribution in [2.45, 2.75) is 51.2 Å². The summed E-state index contributed by atoms with van der Waals surface area (Å²) >= 11 is 6.05. The molecule has 3 aliphatic rings. The summed E-state index contributed by atoms with van der Waals surface area (Å²) in [6.45, 7) is 7.16. The van der Waals surface area contributed by atoms with E-state index in [2.05, 4.69) is 33.5 Å². The Morgan fingerprint density at radius 2 is 2.07 bits per heavy atom. The first-order chi connectivity index (χ1) is 20.8. The zero-order chi connectivity index (χ0) is 29.7. The summed E-state index contributed by atoms with van der Waals surface area (Å²) in [7, 11) is 1.40. The van der Waals surface area contributed by atoms with E-state index in [-0.39, 0.29) is 18.1 Å². The molecule has 4 aromatic rings. The number of fused-ring (bicyclic) bond motifs is 2. The van der Waals surface area contributed by atoms with Gasteiger partial charge in [0, 0.05) is 38.4 Å². The number of para-hydroxylation sites is 1. The van der Waals surface area contributed by atoms with Crippen LogP contribution in [0.4, 0.5) is 0 Å². The van der Waals surface area contributed by atoms with Gasteiger partial charge in [0.15, 0.2) is 11.5 Å². The summed E-state index contributed by atoms with van der Waals surface area (Å²) in [5.41, 5.74) is 5.20. The van der Waals surface area contributed by atoms with Crippen LogP contribution >= 0.6 is 11.6 Å². The van der Waals surface area contributed by atoms with Crippen LogP contribution < -0.4 is 9.47 Å². The zero-order valence-corrected chi connectivity index (χ0v) is 25.1. The van der Waals surface area contributed by atoms with E-state index < -0.39 is 5.79 Å². The number of rotatable bonds is 7. The molecule has 2 aromatic heterocycles. The molecule has 0 amide bonds. The Bertz CT molecular complexity index is 1730. The van der Waals surface area contributed by atoms with Gasteiger partial charge in [-0.05, 0) is 61.7 Å². The normalized spacial score (nSPS) is 22.2. The highest BCUT2D eigenvalue weighted by molar-refractivity contribution is 6.30. The lowest BCUT2D eigenvalue weighted by molar-refractivity contribution is -0.0718. The molecule has 43 heavy (non-hydrogen) atoms. The van der Waals surface area contributed by atoms with Gasteiger partial charge >= 0.3 is 5.97 Å². The van der Waals surface area contributed by atoms with Gasteiger partial charge in [-0.1, -0.05) is 29.8 Å². The Hall–Kier alpha value is -3.92. The highest BCUT2D eigenvalue weighted by Crippen LogP contribution is 2.48. The summed E-state index contributed by atoms with van der Waals surface area (Å²) < 4.78 is 25.7. The van der Waals surface area contributed by atoms with Crippen LogP contribution in [0.15, 0.2) is 60.8 Å². The van der Waals surface area contributed by atoms with Crippen LogP contribution in [-0.2, 0) is 21.8 Å². The third-order valence-corrected chi connectivity index (χ3v) is 8.88. The van der Waals surface area contributed by atoms with Crippen LogP contribution in [0.5, 0.6) is 11.5 Å². The lowest BCUT2D eigenvalue weighted by atomic mass is 9.97. The number of carbonyl (C=O) groups is 1. The summed E-state index contributed by atoms with van der Waals surface area (Å²) in [6.07, 6.45) is 5.88. The molecule has 3 atom stereocenters. The lowest BCUT2D eigenvalue weighted by Gasteiger charge is -2.33. The van der Waals surface area contributed by atoms with Gasteiger partial charge in [-0.25, -0.2) is 9.78 Å². The number of benzene rings is 2. The molecule has 9 nitrogen and oxygen atoms in total. The number of halogens is 1. The van der Waals surface area contributed by atoms with Crippen LogP contribution in [0.1, 0.15) is 60.2 Å². The van der Waals surface area contributed by atoms with E-state index in [4.69, 9.17) is 35.5 Å². The first-order valence-electron chi connectivity index (χ1n) is 14.6. The third kappa shape index (κ3) is 5.05. The molecule has 3 aliphatic heterocycles. The van der Waals surface area contributed by atoms with Gasteiger partial charge in [0.25, 0.3) is 5.79 Å². The van der Waals surface area contributed by atoms with Crippen molar-refractivity contribution in [2.24, 2.45) is 0 Å². The van der Waals surface area contributed by atoms with Gasteiger partial charge in [-0.2, -0.15) is 0 Å². The van der Waals surface area contributed by atoms with Crippen molar-refractivity contribution >= 4 is 34.2 Å². The SMILES string of the molecule is COC(=O)c1ccc2nc([C@H](C)N3CC=C(c4cccc5c4OC(C)(c4ccc(Cl)cn4)O5)CC3)n(C[C@@H]3CCO3)c2c1. The van der Waals surface area contributed by atoms with Crippen molar-refractivity contribution in [3.63, 3.8) is 0 Å².